The Kier molecular flexibility index (Phi) is 5.53. The van der Waals surface area contributed by atoms with E-state index in [4.69, 9.17) is 23.2 Å². The molecule has 0 aliphatic heterocycles. The summed E-state index contributed by atoms with van der Waals surface area (Å²) in [5, 5.41) is 0.353. The second kappa shape index (κ2) is 6.95. The number of hydrogen-bond acceptors (Lipinski definition) is 0. The van der Waals surface area contributed by atoms with Crippen molar-refractivity contribution in [2.24, 2.45) is 5.92 Å². The Labute approximate surface area is 125 Å². The molecule has 0 nitrogen and oxygen atoms in total. The molecule has 0 aromatic heterocycles. The van der Waals surface area contributed by atoms with Crippen LogP contribution < -0.4 is 0 Å². The first-order chi connectivity index (χ1) is 9.08. The number of halogens is 3. The topological polar surface area (TPSA) is 0 Å². The minimum atomic E-state index is -0.257. The fourth-order valence-electron chi connectivity index (χ4n) is 2.94. The maximum Gasteiger partial charge on any atom is 0.127 e. The van der Waals surface area contributed by atoms with Crippen molar-refractivity contribution in [2.75, 3.05) is 0 Å². The number of benzene rings is 1. The molecular weight excluding hydrogens is 282 g/mol. The second-order valence-electron chi connectivity index (χ2n) is 5.68. The molecule has 0 spiro atoms. The Hall–Kier alpha value is -0.270. The van der Waals surface area contributed by atoms with Gasteiger partial charge < -0.3 is 0 Å². The van der Waals surface area contributed by atoms with E-state index in [1.165, 1.54) is 44.6 Å². The zero-order chi connectivity index (χ0) is 13.8. The van der Waals surface area contributed by atoms with Crippen LogP contribution in [0.5, 0.6) is 0 Å². The number of aryl methyl sites for hydroxylation is 1. The molecule has 0 saturated heterocycles. The van der Waals surface area contributed by atoms with Gasteiger partial charge in [-0.1, -0.05) is 56.2 Å². The van der Waals surface area contributed by atoms with Crippen molar-refractivity contribution < 1.29 is 4.39 Å². The molecule has 19 heavy (non-hydrogen) atoms. The van der Waals surface area contributed by atoms with Gasteiger partial charge in [0.05, 0.1) is 5.38 Å². The third-order valence-electron chi connectivity index (χ3n) is 4.13. The maximum atomic E-state index is 13.4. The van der Waals surface area contributed by atoms with Gasteiger partial charge in [-0.2, -0.15) is 0 Å². The first-order valence-electron chi connectivity index (χ1n) is 7.17. The first-order valence-corrected chi connectivity index (χ1v) is 7.99. The Morgan fingerprint density at radius 1 is 1.21 bits per heavy atom. The predicted octanol–water partition coefficient (Wildman–Crippen LogP) is 6.43. The molecule has 1 aliphatic carbocycles. The summed E-state index contributed by atoms with van der Waals surface area (Å²) in [6.07, 6.45) is 8.79. The summed E-state index contributed by atoms with van der Waals surface area (Å²) in [6.45, 7) is 1.75. The molecule has 1 saturated carbocycles. The van der Waals surface area contributed by atoms with Crippen molar-refractivity contribution in [3.8, 4) is 0 Å². The van der Waals surface area contributed by atoms with Crippen LogP contribution >= 0.6 is 23.2 Å². The van der Waals surface area contributed by atoms with Gasteiger partial charge >= 0.3 is 0 Å². The Bertz CT molecular complexity index is 423. The number of hydrogen-bond donors (Lipinski definition) is 0. The minimum absolute atomic E-state index is 0.102. The van der Waals surface area contributed by atoms with Crippen molar-refractivity contribution in [1.29, 1.82) is 0 Å². The fourth-order valence-corrected chi connectivity index (χ4v) is 3.71. The molecule has 0 N–H and O–H groups in total. The summed E-state index contributed by atoms with van der Waals surface area (Å²) < 4.78 is 13.4. The Morgan fingerprint density at radius 3 is 2.47 bits per heavy atom. The van der Waals surface area contributed by atoms with Crippen LogP contribution in [0.15, 0.2) is 12.1 Å². The van der Waals surface area contributed by atoms with Crippen molar-refractivity contribution in [1.82, 2.24) is 0 Å². The molecule has 1 atom stereocenters. The molecule has 0 heterocycles. The molecule has 106 valence electrons. The second-order valence-corrected chi connectivity index (χ2v) is 6.62. The quantitative estimate of drug-likeness (QED) is 0.446. The highest BCUT2D eigenvalue weighted by Gasteiger charge is 2.20. The van der Waals surface area contributed by atoms with Crippen LogP contribution in [-0.2, 0) is 0 Å². The number of alkyl halides is 1. The van der Waals surface area contributed by atoms with E-state index < -0.39 is 0 Å². The van der Waals surface area contributed by atoms with E-state index in [0.717, 1.165) is 12.0 Å². The first kappa shape index (κ1) is 15.1. The lowest BCUT2D eigenvalue weighted by Gasteiger charge is -2.19. The van der Waals surface area contributed by atoms with Crippen LogP contribution in [0.25, 0.3) is 0 Å². The summed E-state index contributed by atoms with van der Waals surface area (Å²) in [5.74, 6) is 0.429. The average Bonchev–Trinajstić information content (AvgIpc) is 2.62. The van der Waals surface area contributed by atoms with Gasteiger partial charge in [-0.25, -0.2) is 4.39 Å². The SMILES string of the molecule is Cc1cc(C(Cl)CC2CCCCCC2)c(Cl)cc1F. The van der Waals surface area contributed by atoms with Crippen molar-refractivity contribution >= 4 is 23.2 Å². The van der Waals surface area contributed by atoms with E-state index in [0.29, 0.717) is 16.5 Å². The lowest BCUT2D eigenvalue weighted by Crippen LogP contribution is -2.04. The monoisotopic (exact) mass is 302 g/mol. The fraction of sp³-hybridized carbons (Fsp3) is 0.625. The van der Waals surface area contributed by atoms with Crippen molar-refractivity contribution in [2.45, 2.75) is 57.2 Å². The normalized spacial score (nSPS) is 19.2. The van der Waals surface area contributed by atoms with Gasteiger partial charge in [-0.05, 0) is 36.5 Å². The van der Waals surface area contributed by atoms with Gasteiger partial charge in [0.25, 0.3) is 0 Å². The van der Waals surface area contributed by atoms with E-state index in [2.05, 4.69) is 0 Å². The third-order valence-corrected chi connectivity index (χ3v) is 4.87. The van der Waals surface area contributed by atoms with Crippen LogP contribution in [0.3, 0.4) is 0 Å². The largest absolute Gasteiger partial charge is 0.207 e. The van der Waals surface area contributed by atoms with Gasteiger partial charge in [0, 0.05) is 5.02 Å². The van der Waals surface area contributed by atoms with E-state index in [1.807, 2.05) is 0 Å². The van der Waals surface area contributed by atoms with Crippen LogP contribution in [0, 0.1) is 18.7 Å². The third kappa shape index (κ3) is 4.10. The van der Waals surface area contributed by atoms with E-state index in [-0.39, 0.29) is 11.2 Å². The summed E-state index contributed by atoms with van der Waals surface area (Å²) in [6, 6.07) is 3.18. The minimum Gasteiger partial charge on any atom is -0.207 e. The van der Waals surface area contributed by atoms with E-state index in [1.54, 1.807) is 13.0 Å². The van der Waals surface area contributed by atoms with Crippen LogP contribution in [0.4, 0.5) is 4.39 Å². The highest BCUT2D eigenvalue weighted by atomic mass is 35.5. The highest BCUT2D eigenvalue weighted by molar-refractivity contribution is 6.32. The Morgan fingerprint density at radius 2 is 1.84 bits per heavy atom. The summed E-state index contributed by atoms with van der Waals surface area (Å²) in [5.41, 5.74) is 1.50. The molecule has 1 unspecified atom stereocenters. The molecule has 1 fully saturated rings. The summed E-state index contributed by atoms with van der Waals surface area (Å²) in [4.78, 5) is 0. The molecular formula is C16H21Cl2F. The zero-order valence-electron chi connectivity index (χ0n) is 11.4. The average molecular weight is 303 g/mol. The summed E-state index contributed by atoms with van der Waals surface area (Å²) in [7, 11) is 0. The van der Waals surface area contributed by atoms with Crippen LogP contribution in [0.1, 0.15) is 61.4 Å². The smallest absolute Gasteiger partial charge is 0.127 e. The van der Waals surface area contributed by atoms with Gasteiger partial charge in [0.2, 0.25) is 0 Å². The van der Waals surface area contributed by atoms with Gasteiger partial charge in [0.15, 0.2) is 0 Å². The van der Waals surface area contributed by atoms with Gasteiger partial charge in [-0.3, -0.25) is 0 Å². The van der Waals surface area contributed by atoms with E-state index >= 15 is 0 Å². The standard InChI is InChI=1S/C16H21Cl2F/c1-11-8-13(15(18)10-16(11)19)14(17)9-12-6-4-2-3-5-7-12/h8,10,12,14H,2-7,9H2,1H3. The maximum absolute atomic E-state index is 13.4. The van der Waals surface area contributed by atoms with Crippen molar-refractivity contribution in [3.63, 3.8) is 0 Å². The molecule has 1 aromatic carbocycles. The molecule has 3 heteroatoms. The zero-order valence-corrected chi connectivity index (χ0v) is 12.9. The Balaban J connectivity index is 2.06. The van der Waals surface area contributed by atoms with Crippen LogP contribution in [-0.4, -0.2) is 0 Å². The molecule has 0 bridgehead atoms. The lowest BCUT2D eigenvalue weighted by molar-refractivity contribution is 0.423. The predicted molar refractivity (Wildman–Crippen MR) is 80.6 cm³/mol. The molecule has 0 radical (unpaired) electrons. The molecule has 0 amide bonds. The lowest BCUT2D eigenvalue weighted by atomic mass is 9.92. The molecule has 1 aliphatic rings. The summed E-state index contributed by atoms with van der Waals surface area (Å²) >= 11 is 12.6. The van der Waals surface area contributed by atoms with Gasteiger partial charge in [-0.15, -0.1) is 11.6 Å². The molecule has 1 aromatic rings. The van der Waals surface area contributed by atoms with Crippen molar-refractivity contribution in [3.05, 3.63) is 34.1 Å². The van der Waals surface area contributed by atoms with Crippen LogP contribution in [0.2, 0.25) is 5.02 Å². The van der Waals surface area contributed by atoms with Gasteiger partial charge in [0.1, 0.15) is 5.82 Å². The van der Waals surface area contributed by atoms with E-state index in [9.17, 15) is 4.39 Å². The number of rotatable bonds is 3. The molecule has 2 rings (SSSR count). The highest BCUT2D eigenvalue weighted by Crippen LogP contribution is 2.38.